The second kappa shape index (κ2) is 12.4. The molecule has 4 aliphatic rings. The molecule has 0 aliphatic carbocycles. The third kappa shape index (κ3) is 7.90. The second-order valence-corrected chi connectivity index (χ2v) is 19.2. The first-order chi connectivity index (χ1) is 16.3. The van der Waals surface area contributed by atoms with E-state index in [1.54, 1.807) is 47.0 Å². The Hall–Kier alpha value is 1.57. The fourth-order valence-corrected chi connectivity index (χ4v) is 11.4. The number of hydroxylamine groups is 4. The summed E-state index contributed by atoms with van der Waals surface area (Å²) in [6.07, 6.45) is 3.17. The Morgan fingerprint density at radius 1 is 0.514 bits per heavy atom. The van der Waals surface area contributed by atoms with Crippen molar-refractivity contribution in [1.82, 2.24) is 10.1 Å². The van der Waals surface area contributed by atoms with Gasteiger partial charge in [-0.25, -0.2) is 0 Å². The largest absolute Gasteiger partial charge is 2.00 e. The third-order valence-electron chi connectivity index (χ3n) is 6.44. The van der Waals surface area contributed by atoms with Crippen molar-refractivity contribution in [3.8, 4) is 0 Å². The van der Waals surface area contributed by atoms with Gasteiger partial charge in [-0.05, 0) is 92.2 Å². The zero-order chi connectivity index (χ0) is 27.4. The number of hydrogen-bond acceptors (Lipinski definition) is 10. The number of hydrogen-bond donors (Lipinski definition) is 0. The van der Waals surface area contributed by atoms with Gasteiger partial charge in [0.05, 0.1) is 0 Å². The molecule has 210 valence electrons. The summed E-state index contributed by atoms with van der Waals surface area (Å²) in [5, 5.41) is 27.1. The summed E-state index contributed by atoms with van der Waals surface area (Å²) in [6.45, 7) is 16.0. The predicted octanol–water partition coefficient (Wildman–Crippen LogP) is 7.79. The average Bonchev–Trinajstić information content (AvgIpc) is 3.25. The van der Waals surface area contributed by atoms with Crippen LogP contribution in [0, 0.1) is 0 Å². The Balaban J connectivity index is 0.000000253. The molecule has 4 heterocycles. The van der Waals surface area contributed by atoms with E-state index < -0.39 is 0 Å². The molecule has 0 atom stereocenters. The normalized spacial score (nSPS) is 27.3. The van der Waals surface area contributed by atoms with Crippen LogP contribution in [0.2, 0.25) is 0 Å². The van der Waals surface area contributed by atoms with Crippen LogP contribution in [0.3, 0.4) is 0 Å². The van der Waals surface area contributed by atoms with Gasteiger partial charge in [0.1, 0.15) is 0 Å². The number of piperidine rings is 2. The molecule has 0 aromatic rings. The molecule has 0 aromatic heterocycles. The van der Waals surface area contributed by atoms with Crippen LogP contribution in [-0.4, -0.2) is 32.3 Å². The van der Waals surface area contributed by atoms with Crippen LogP contribution in [0.4, 0.5) is 0 Å². The van der Waals surface area contributed by atoms with E-state index in [-0.39, 0.29) is 38.6 Å². The predicted molar refractivity (Wildman–Crippen MR) is 168 cm³/mol. The molecule has 0 spiro atoms. The molecule has 37 heavy (non-hydrogen) atoms. The third-order valence-corrected chi connectivity index (χ3v) is 13.7. The minimum atomic E-state index is -0.364. The van der Waals surface area contributed by atoms with Crippen molar-refractivity contribution in [3.63, 3.8) is 0 Å². The van der Waals surface area contributed by atoms with Gasteiger partial charge in [0, 0.05) is 30.6 Å². The molecule has 4 rings (SSSR count). The fourth-order valence-electron chi connectivity index (χ4n) is 5.26. The van der Waals surface area contributed by atoms with Crippen LogP contribution < -0.4 is 0 Å². The van der Waals surface area contributed by atoms with Crippen molar-refractivity contribution >= 4 is 97.6 Å². The van der Waals surface area contributed by atoms with Gasteiger partial charge in [0.25, 0.3) is 0 Å². The first-order valence-electron chi connectivity index (χ1n) is 11.5. The van der Waals surface area contributed by atoms with E-state index in [4.69, 9.17) is 50.5 Å². The van der Waals surface area contributed by atoms with Crippen molar-refractivity contribution < 1.29 is 26.9 Å². The van der Waals surface area contributed by atoms with Gasteiger partial charge in [-0.3, -0.25) is 0 Å². The molecule has 0 amide bonds. The standard InChI is InChI=1S/2C12H18NOS4.Ni/c2*1-11(2)5-7(6-12(3,4)13(11)14)10-17-8(15)9(16)18-10;/h2*15-16H,5-6H2,1-4H3;/q;;+2/p-4. The number of thioether (sulfide) groups is 4. The summed E-state index contributed by atoms with van der Waals surface area (Å²) in [7, 11) is 0. The molecule has 0 N–H and O–H groups in total. The van der Waals surface area contributed by atoms with Crippen LogP contribution in [0.5, 0.6) is 0 Å². The average molecular weight is 696 g/mol. The molecule has 0 bridgehead atoms. The van der Waals surface area contributed by atoms with Gasteiger partial charge in [0.15, 0.2) is 0 Å². The molecule has 0 saturated carbocycles. The van der Waals surface area contributed by atoms with E-state index in [1.165, 1.54) is 29.7 Å². The topological polar surface area (TPSA) is 46.3 Å². The summed E-state index contributed by atoms with van der Waals surface area (Å²) >= 11 is 27.3. The monoisotopic (exact) mass is 694 g/mol. The van der Waals surface area contributed by atoms with Gasteiger partial charge in [0.2, 0.25) is 0 Å². The van der Waals surface area contributed by atoms with E-state index >= 15 is 0 Å². The summed E-state index contributed by atoms with van der Waals surface area (Å²) in [5.41, 5.74) is 1.20. The van der Waals surface area contributed by atoms with E-state index in [2.05, 4.69) is 0 Å². The Bertz CT molecular complexity index is 895. The first-order valence-corrected chi connectivity index (χ1v) is 16.4. The van der Waals surface area contributed by atoms with E-state index in [9.17, 15) is 10.4 Å². The number of nitrogens with zero attached hydrogens (tertiary/aromatic N) is 2. The van der Waals surface area contributed by atoms with Crippen LogP contribution >= 0.6 is 47.0 Å². The van der Waals surface area contributed by atoms with Gasteiger partial charge >= 0.3 is 16.5 Å². The SMILES string of the molecule is CC1(C)CC(=C2SC([S-])=C([S-])S2)CC(C)(C)N1[O].CC1(C)CC(=C2SC([S-])=C([S-])S2)CC(C)(C)N1[O].[Ni+2]. The van der Waals surface area contributed by atoms with Crippen LogP contribution in [0.25, 0.3) is 0 Å². The zero-order valence-electron chi connectivity index (χ0n) is 22.1. The van der Waals surface area contributed by atoms with Gasteiger partial charge in [-0.1, -0.05) is 0 Å². The summed E-state index contributed by atoms with van der Waals surface area (Å²) in [6, 6.07) is 0. The minimum absolute atomic E-state index is 0. The Kier molecular flexibility index (Phi) is 11.7. The van der Waals surface area contributed by atoms with E-state index in [1.807, 2.05) is 55.4 Å². The maximum atomic E-state index is 12.3. The molecule has 2 radical (unpaired) electrons. The van der Waals surface area contributed by atoms with Gasteiger partial charge in [-0.15, -0.1) is 84.5 Å². The van der Waals surface area contributed by atoms with Crippen LogP contribution in [0.15, 0.2) is 36.6 Å². The van der Waals surface area contributed by atoms with Crippen molar-refractivity contribution in [2.75, 3.05) is 0 Å². The van der Waals surface area contributed by atoms with Gasteiger partial charge < -0.3 is 50.5 Å². The maximum Gasteiger partial charge on any atom is 2.00 e. The van der Waals surface area contributed by atoms with Crippen molar-refractivity contribution in [2.45, 2.75) is 103 Å². The number of rotatable bonds is 0. The Morgan fingerprint density at radius 2 is 0.703 bits per heavy atom. The van der Waals surface area contributed by atoms with Crippen LogP contribution in [-0.2, 0) is 77.4 Å². The second-order valence-electron chi connectivity index (χ2n) is 11.9. The minimum Gasteiger partial charge on any atom is -0.774 e. The van der Waals surface area contributed by atoms with Crippen molar-refractivity contribution in [3.05, 3.63) is 36.6 Å². The molecular weight excluding hydrogens is 664 g/mol. The Morgan fingerprint density at radius 3 is 0.892 bits per heavy atom. The first kappa shape index (κ1) is 34.8. The molecule has 0 aromatic carbocycles. The zero-order valence-corrected chi connectivity index (χ0v) is 29.6. The molecule has 2 saturated heterocycles. The Labute approximate surface area is 272 Å². The molecule has 2 fully saturated rings. The smallest absolute Gasteiger partial charge is 0.774 e. The molecule has 0 unspecified atom stereocenters. The molecular formula is C24H32N2NiO2S8-2. The van der Waals surface area contributed by atoms with Gasteiger partial charge in [-0.2, -0.15) is 0 Å². The summed E-state index contributed by atoms with van der Waals surface area (Å²) < 4.78 is 5.63. The summed E-state index contributed by atoms with van der Waals surface area (Å²) in [4.78, 5) is 0. The summed E-state index contributed by atoms with van der Waals surface area (Å²) in [5.74, 6) is 0. The molecule has 13 heteroatoms. The fraction of sp³-hybridized carbons (Fsp3) is 0.667. The van der Waals surface area contributed by atoms with Crippen molar-refractivity contribution in [1.29, 1.82) is 0 Å². The maximum absolute atomic E-state index is 12.3. The van der Waals surface area contributed by atoms with E-state index in [0.29, 0.717) is 0 Å². The van der Waals surface area contributed by atoms with Crippen LogP contribution in [0.1, 0.15) is 81.1 Å². The quantitative estimate of drug-likeness (QED) is 0.186. The van der Waals surface area contributed by atoms with Crippen molar-refractivity contribution in [2.24, 2.45) is 0 Å². The molecule has 4 aliphatic heterocycles. The molecule has 4 nitrogen and oxygen atoms in total. The van der Waals surface area contributed by atoms with E-state index in [0.717, 1.165) is 42.6 Å².